The van der Waals surface area contributed by atoms with Crippen molar-refractivity contribution >= 4 is 5.69 Å². The molecule has 4 heteroatoms. The van der Waals surface area contributed by atoms with Gasteiger partial charge in [-0.25, -0.2) is 4.98 Å². The summed E-state index contributed by atoms with van der Waals surface area (Å²) in [6.45, 7) is 1.87. The van der Waals surface area contributed by atoms with Gasteiger partial charge in [-0.2, -0.15) is 0 Å². The standard InChI is InChI=1S/C9H9N3O/c1-6-9(13-5-12-6)8-3-2-7(10)4-11-8/h2-5H,10H2,1H3. The molecule has 0 atom stereocenters. The van der Waals surface area contributed by atoms with E-state index in [1.807, 2.05) is 13.0 Å². The van der Waals surface area contributed by atoms with Gasteiger partial charge in [0.15, 0.2) is 12.2 Å². The van der Waals surface area contributed by atoms with Crippen molar-refractivity contribution in [2.75, 3.05) is 5.73 Å². The summed E-state index contributed by atoms with van der Waals surface area (Å²) in [4.78, 5) is 8.10. The quantitative estimate of drug-likeness (QED) is 0.715. The van der Waals surface area contributed by atoms with Crippen molar-refractivity contribution < 1.29 is 4.42 Å². The fraction of sp³-hybridized carbons (Fsp3) is 0.111. The molecule has 13 heavy (non-hydrogen) atoms. The van der Waals surface area contributed by atoms with E-state index in [0.29, 0.717) is 11.4 Å². The van der Waals surface area contributed by atoms with Crippen LogP contribution in [0.4, 0.5) is 5.69 Å². The van der Waals surface area contributed by atoms with Crippen LogP contribution in [-0.4, -0.2) is 9.97 Å². The molecule has 2 aromatic rings. The zero-order valence-corrected chi connectivity index (χ0v) is 7.19. The van der Waals surface area contributed by atoms with Gasteiger partial charge in [0.2, 0.25) is 0 Å². The summed E-state index contributed by atoms with van der Waals surface area (Å²) >= 11 is 0. The second-order valence-electron chi connectivity index (χ2n) is 2.74. The third-order valence-electron chi connectivity index (χ3n) is 1.76. The lowest BCUT2D eigenvalue weighted by atomic mass is 10.2. The lowest BCUT2D eigenvalue weighted by Gasteiger charge is -1.96. The minimum absolute atomic E-state index is 0.640. The summed E-state index contributed by atoms with van der Waals surface area (Å²) in [6.07, 6.45) is 3.00. The molecule has 0 saturated carbocycles. The highest BCUT2D eigenvalue weighted by atomic mass is 16.3. The molecule has 0 aliphatic heterocycles. The molecule has 2 rings (SSSR count). The van der Waals surface area contributed by atoms with Crippen LogP contribution >= 0.6 is 0 Å². The van der Waals surface area contributed by atoms with Crippen molar-refractivity contribution in [3.8, 4) is 11.5 Å². The number of aromatic nitrogens is 2. The Hall–Kier alpha value is -1.84. The van der Waals surface area contributed by atoms with E-state index in [4.69, 9.17) is 10.2 Å². The molecule has 0 fully saturated rings. The Bertz CT molecular complexity index is 405. The van der Waals surface area contributed by atoms with Crippen molar-refractivity contribution in [1.29, 1.82) is 0 Å². The predicted octanol–water partition coefficient (Wildman–Crippen LogP) is 1.63. The average molecular weight is 175 g/mol. The lowest BCUT2D eigenvalue weighted by Crippen LogP contribution is -1.88. The highest BCUT2D eigenvalue weighted by molar-refractivity contribution is 5.56. The fourth-order valence-corrected chi connectivity index (χ4v) is 1.09. The first-order valence-electron chi connectivity index (χ1n) is 3.89. The van der Waals surface area contributed by atoms with Gasteiger partial charge in [-0.05, 0) is 19.1 Å². The van der Waals surface area contributed by atoms with Crippen LogP contribution in [-0.2, 0) is 0 Å². The monoisotopic (exact) mass is 175 g/mol. The summed E-state index contributed by atoms with van der Waals surface area (Å²) in [6, 6.07) is 3.59. The van der Waals surface area contributed by atoms with Crippen LogP contribution in [0.3, 0.4) is 0 Å². The number of pyridine rings is 1. The Balaban J connectivity index is 2.47. The molecule has 0 radical (unpaired) electrons. The number of nitrogens with zero attached hydrogens (tertiary/aromatic N) is 2. The van der Waals surface area contributed by atoms with Crippen LogP contribution in [0, 0.1) is 6.92 Å². The first-order chi connectivity index (χ1) is 6.27. The van der Waals surface area contributed by atoms with E-state index in [0.717, 1.165) is 11.4 Å². The number of nitrogen functional groups attached to an aromatic ring is 1. The number of nitrogens with two attached hydrogens (primary N) is 1. The SMILES string of the molecule is Cc1ncoc1-c1ccc(N)cn1. The second-order valence-corrected chi connectivity index (χ2v) is 2.74. The van der Waals surface area contributed by atoms with E-state index in [-0.39, 0.29) is 0 Å². The zero-order chi connectivity index (χ0) is 9.26. The van der Waals surface area contributed by atoms with Crippen LogP contribution in [0.5, 0.6) is 0 Å². The van der Waals surface area contributed by atoms with Gasteiger partial charge in [0.05, 0.1) is 17.6 Å². The van der Waals surface area contributed by atoms with E-state index in [2.05, 4.69) is 9.97 Å². The lowest BCUT2D eigenvalue weighted by molar-refractivity contribution is 0.569. The number of oxazole rings is 1. The van der Waals surface area contributed by atoms with Crippen LogP contribution in [0.15, 0.2) is 29.1 Å². The molecule has 66 valence electrons. The van der Waals surface area contributed by atoms with Gasteiger partial charge >= 0.3 is 0 Å². The first kappa shape index (κ1) is 7.79. The van der Waals surface area contributed by atoms with Crippen molar-refractivity contribution in [2.45, 2.75) is 6.92 Å². The van der Waals surface area contributed by atoms with Gasteiger partial charge in [-0.3, -0.25) is 4.98 Å². The predicted molar refractivity (Wildman–Crippen MR) is 48.9 cm³/mol. The third-order valence-corrected chi connectivity index (χ3v) is 1.76. The molecule has 0 unspecified atom stereocenters. The number of anilines is 1. The van der Waals surface area contributed by atoms with Gasteiger partial charge < -0.3 is 10.2 Å². The Morgan fingerprint density at radius 1 is 1.31 bits per heavy atom. The molecule has 4 nitrogen and oxygen atoms in total. The summed E-state index contributed by atoms with van der Waals surface area (Å²) < 4.78 is 5.18. The molecule has 2 N–H and O–H groups in total. The van der Waals surface area contributed by atoms with Gasteiger partial charge in [0.1, 0.15) is 5.69 Å². The number of hydrogen-bond acceptors (Lipinski definition) is 4. The summed E-state index contributed by atoms with van der Waals surface area (Å²) in [5, 5.41) is 0. The molecule has 0 amide bonds. The number of rotatable bonds is 1. The molecular weight excluding hydrogens is 166 g/mol. The molecule has 2 heterocycles. The van der Waals surface area contributed by atoms with Crippen LogP contribution in [0.25, 0.3) is 11.5 Å². The van der Waals surface area contributed by atoms with Gasteiger partial charge in [-0.1, -0.05) is 0 Å². The fourth-order valence-electron chi connectivity index (χ4n) is 1.09. The minimum atomic E-state index is 0.640. The van der Waals surface area contributed by atoms with Crippen molar-refractivity contribution in [2.24, 2.45) is 0 Å². The molecule has 0 aromatic carbocycles. The molecule has 2 aromatic heterocycles. The van der Waals surface area contributed by atoms with E-state index < -0.39 is 0 Å². The second kappa shape index (κ2) is 2.90. The normalized spacial score (nSPS) is 10.2. The number of aryl methyl sites for hydroxylation is 1. The van der Waals surface area contributed by atoms with Crippen molar-refractivity contribution in [1.82, 2.24) is 9.97 Å². The highest BCUT2D eigenvalue weighted by Gasteiger charge is 2.06. The molecule has 0 bridgehead atoms. The van der Waals surface area contributed by atoms with Gasteiger partial charge in [-0.15, -0.1) is 0 Å². The van der Waals surface area contributed by atoms with Crippen LogP contribution in [0.2, 0.25) is 0 Å². The first-order valence-corrected chi connectivity index (χ1v) is 3.89. The Morgan fingerprint density at radius 2 is 2.15 bits per heavy atom. The van der Waals surface area contributed by atoms with E-state index in [1.165, 1.54) is 6.39 Å². The largest absolute Gasteiger partial charge is 0.442 e. The topological polar surface area (TPSA) is 64.9 Å². The van der Waals surface area contributed by atoms with E-state index in [1.54, 1.807) is 12.3 Å². The van der Waals surface area contributed by atoms with Crippen molar-refractivity contribution in [3.63, 3.8) is 0 Å². The smallest absolute Gasteiger partial charge is 0.181 e. The van der Waals surface area contributed by atoms with E-state index in [9.17, 15) is 0 Å². The molecule has 0 aliphatic rings. The maximum Gasteiger partial charge on any atom is 0.181 e. The Kier molecular flexibility index (Phi) is 1.73. The molecular formula is C9H9N3O. The maximum atomic E-state index is 5.51. The molecule has 0 spiro atoms. The minimum Gasteiger partial charge on any atom is -0.442 e. The zero-order valence-electron chi connectivity index (χ0n) is 7.19. The van der Waals surface area contributed by atoms with Crippen LogP contribution in [0.1, 0.15) is 5.69 Å². The number of hydrogen-bond donors (Lipinski definition) is 1. The maximum absolute atomic E-state index is 5.51. The average Bonchev–Trinajstić information content (AvgIpc) is 2.53. The Labute approximate surface area is 75.4 Å². The summed E-state index contributed by atoms with van der Waals surface area (Å²) in [7, 11) is 0. The van der Waals surface area contributed by atoms with Crippen LogP contribution < -0.4 is 5.73 Å². The highest BCUT2D eigenvalue weighted by Crippen LogP contribution is 2.20. The summed E-state index contributed by atoms with van der Waals surface area (Å²) in [5.41, 5.74) is 7.73. The Morgan fingerprint density at radius 3 is 2.69 bits per heavy atom. The van der Waals surface area contributed by atoms with E-state index >= 15 is 0 Å². The van der Waals surface area contributed by atoms with Gasteiger partial charge in [0.25, 0.3) is 0 Å². The van der Waals surface area contributed by atoms with Crippen molar-refractivity contribution in [3.05, 3.63) is 30.4 Å². The third kappa shape index (κ3) is 1.38. The van der Waals surface area contributed by atoms with Gasteiger partial charge in [0, 0.05) is 0 Å². The summed E-state index contributed by atoms with van der Waals surface area (Å²) in [5.74, 6) is 0.694. The molecule has 0 aliphatic carbocycles. The molecule has 0 saturated heterocycles.